The van der Waals surface area contributed by atoms with Gasteiger partial charge < -0.3 is 10.8 Å². The van der Waals surface area contributed by atoms with Crippen LogP contribution in [0.5, 0.6) is 0 Å². The number of hydrogen-bond acceptors (Lipinski definition) is 2. The first-order valence-corrected chi connectivity index (χ1v) is 7.65. The lowest BCUT2D eigenvalue weighted by molar-refractivity contribution is -0.137. The van der Waals surface area contributed by atoms with Gasteiger partial charge in [-0.1, -0.05) is 56.3 Å². The molecule has 0 fully saturated rings. The Morgan fingerprint density at radius 2 is 1.82 bits per heavy atom. The molecule has 2 aromatic carbocycles. The van der Waals surface area contributed by atoms with E-state index in [2.05, 4.69) is 38.1 Å². The molecule has 22 heavy (non-hydrogen) atoms. The number of benzene rings is 2. The monoisotopic (exact) mass is 297 g/mol. The van der Waals surface area contributed by atoms with Crippen molar-refractivity contribution < 1.29 is 9.90 Å². The zero-order chi connectivity index (χ0) is 16.1. The van der Waals surface area contributed by atoms with E-state index >= 15 is 0 Å². The molecule has 3 nitrogen and oxygen atoms in total. The summed E-state index contributed by atoms with van der Waals surface area (Å²) < 4.78 is 0. The second-order valence-corrected chi connectivity index (χ2v) is 5.91. The van der Waals surface area contributed by atoms with E-state index in [1.807, 2.05) is 24.3 Å². The Labute approximate surface area is 131 Å². The van der Waals surface area contributed by atoms with Gasteiger partial charge in [-0.15, -0.1) is 0 Å². The third-order valence-electron chi connectivity index (χ3n) is 3.88. The first-order chi connectivity index (χ1) is 10.5. The number of aliphatic carboxylic acids is 1. The quantitative estimate of drug-likeness (QED) is 0.833. The van der Waals surface area contributed by atoms with Crippen LogP contribution in [0.4, 0.5) is 0 Å². The van der Waals surface area contributed by atoms with Gasteiger partial charge in [0, 0.05) is 12.5 Å². The molecule has 0 saturated heterocycles. The summed E-state index contributed by atoms with van der Waals surface area (Å²) in [4.78, 5) is 10.7. The van der Waals surface area contributed by atoms with Gasteiger partial charge in [0.15, 0.2) is 0 Å². The van der Waals surface area contributed by atoms with E-state index in [1.54, 1.807) is 0 Å². The smallest absolute Gasteiger partial charge is 0.303 e. The molecule has 1 atom stereocenters. The molecule has 2 aromatic rings. The number of hydrogen-bond donors (Lipinski definition) is 2. The van der Waals surface area contributed by atoms with Gasteiger partial charge in [0.1, 0.15) is 0 Å². The molecule has 0 spiro atoms. The highest BCUT2D eigenvalue weighted by Crippen LogP contribution is 2.32. The Hall–Kier alpha value is -2.13. The van der Waals surface area contributed by atoms with Crippen LogP contribution in [0, 0.1) is 0 Å². The zero-order valence-corrected chi connectivity index (χ0v) is 13.1. The number of nitrogens with two attached hydrogens (primary N) is 1. The van der Waals surface area contributed by atoms with Gasteiger partial charge in [0.25, 0.3) is 0 Å². The highest BCUT2D eigenvalue weighted by atomic mass is 16.4. The number of carbonyl (C=O) groups is 1. The fraction of sp³-hybridized carbons (Fsp3) is 0.316. The molecule has 0 aromatic heterocycles. The Balaban J connectivity index is 2.37. The van der Waals surface area contributed by atoms with E-state index in [0.29, 0.717) is 12.3 Å². The largest absolute Gasteiger partial charge is 0.481 e. The molecule has 0 amide bonds. The molecular formula is C19H23NO2. The lowest BCUT2D eigenvalue weighted by Crippen LogP contribution is -2.12. The summed E-state index contributed by atoms with van der Waals surface area (Å²) in [5.74, 6) is -0.392. The molecule has 0 aliphatic carbocycles. The van der Waals surface area contributed by atoms with E-state index < -0.39 is 5.97 Å². The topological polar surface area (TPSA) is 63.3 Å². The average molecular weight is 297 g/mol. The summed E-state index contributed by atoms with van der Waals surface area (Å²) in [7, 11) is 0. The van der Waals surface area contributed by atoms with E-state index in [4.69, 9.17) is 10.8 Å². The predicted octanol–water partition coefficient (Wildman–Crippen LogP) is 4.34. The van der Waals surface area contributed by atoms with Gasteiger partial charge in [-0.3, -0.25) is 4.79 Å². The Kier molecular flexibility index (Phi) is 5.34. The molecular weight excluding hydrogens is 274 g/mol. The van der Waals surface area contributed by atoms with Crippen LogP contribution in [0.2, 0.25) is 0 Å². The maximum Gasteiger partial charge on any atom is 0.303 e. The molecule has 116 valence electrons. The maximum atomic E-state index is 10.7. The summed E-state index contributed by atoms with van der Waals surface area (Å²) in [6, 6.07) is 16.2. The van der Waals surface area contributed by atoms with Crippen molar-refractivity contribution in [3.05, 3.63) is 59.7 Å². The fourth-order valence-corrected chi connectivity index (χ4v) is 2.62. The average Bonchev–Trinajstić information content (AvgIpc) is 2.52. The molecule has 1 unspecified atom stereocenters. The number of carboxylic acid groups (broad SMARTS) is 1. The summed E-state index contributed by atoms with van der Waals surface area (Å²) in [5.41, 5.74) is 10.8. The van der Waals surface area contributed by atoms with Crippen molar-refractivity contribution in [2.75, 3.05) is 0 Å². The summed E-state index contributed by atoms with van der Waals surface area (Å²) in [5, 5.41) is 8.80. The van der Waals surface area contributed by atoms with Crippen molar-refractivity contribution in [2.45, 2.75) is 38.6 Å². The van der Waals surface area contributed by atoms with Crippen LogP contribution in [0.1, 0.15) is 49.8 Å². The molecule has 0 radical (unpaired) electrons. The summed E-state index contributed by atoms with van der Waals surface area (Å²) in [6.45, 7) is 4.34. The van der Waals surface area contributed by atoms with E-state index in [1.165, 1.54) is 16.7 Å². The van der Waals surface area contributed by atoms with Crippen molar-refractivity contribution in [1.82, 2.24) is 0 Å². The van der Waals surface area contributed by atoms with Crippen molar-refractivity contribution >= 4 is 5.97 Å². The first kappa shape index (κ1) is 16.2. The molecule has 3 N–H and O–H groups in total. The molecule has 2 rings (SSSR count). The minimum Gasteiger partial charge on any atom is -0.481 e. The van der Waals surface area contributed by atoms with E-state index in [-0.39, 0.29) is 12.5 Å². The van der Waals surface area contributed by atoms with Crippen LogP contribution in [-0.4, -0.2) is 11.1 Å². The van der Waals surface area contributed by atoms with Gasteiger partial charge in [0.05, 0.1) is 0 Å². The van der Waals surface area contributed by atoms with Gasteiger partial charge in [-0.25, -0.2) is 0 Å². The van der Waals surface area contributed by atoms with Gasteiger partial charge in [0.2, 0.25) is 0 Å². The highest BCUT2D eigenvalue weighted by molar-refractivity contribution is 5.69. The molecule has 0 saturated carbocycles. The SMILES string of the molecule is CC(C)c1ccc(C(N)CCC(=O)O)cc1-c1ccccc1. The van der Waals surface area contributed by atoms with E-state index in [0.717, 1.165) is 5.56 Å². The minimum absolute atomic E-state index is 0.0910. The maximum absolute atomic E-state index is 10.7. The van der Waals surface area contributed by atoms with Gasteiger partial charge in [-0.05, 0) is 40.7 Å². The Morgan fingerprint density at radius 1 is 1.14 bits per heavy atom. The predicted molar refractivity (Wildman–Crippen MR) is 89.8 cm³/mol. The second kappa shape index (κ2) is 7.23. The molecule has 0 heterocycles. The van der Waals surface area contributed by atoms with Crippen molar-refractivity contribution in [3.63, 3.8) is 0 Å². The third-order valence-corrected chi connectivity index (χ3v) is 3.88. The Bertz CT molecular complexity index is 635. The van der Waals surface area contributed by atoms with Gasteiger partial charge >= 0.3 is 5.97 Å². The van der Waals surface area contributed by atoms with Crippen molar-refractivity contribution in [2.24, 2.45) is 5.73 Å². The fourth-order valence-electron chi connectivity index (χ4n) is 2.62. The number of carboxylic acids is 1. The normalized spacial score (nSPS) is 12.4. The lowest BCUT2D eigenvalue weighted by Gasteiger charge is -2.18. The zero-order valence-electron chi connectivity index (χ0n) is 13.1. The van der Waals surface area contributed by atoms with Crippen molar-refractivity contribution in [1.29, 1.82) is 0 Å². The van der Waals surface area contributed by atoms with Crippen LogP contribution in [-0.2, 0) is 4.79 Å². The highest BCUT2D eigenvalue weighted by Gasteiger charge is 2.13. The standard InChI is InChI=1S/C19H23NO2/c1-13(2)16-9-8-15(18(20)10-11-19(21)22)12-17(16)14-6-4-3-5-7-14/h3-9,12-13,18H,10-11,20H2,1-2H3,(H,21,22). The Morgan fingerprint density at radius 3 is 2.41 bits per heavy atom. The molecule has 0 aliphatic heterocycles. The number of rotatable bonds is 6. The van der Waals surface area contributed by atoms with Crippen LogP contribution in [0.15, 0.2) is 48.5 Å². The summed E-state index contributed by atoms with van der Waals surface area (Å²) in [6.07, 6.45) is 0.540. The molecule has 3 heteroatoms. The van der Waals surface area contributed by atoms with E-state index in [9.17, 15) is 4.79 Å². The molecule has 0 aliphatic rings. The first-order valence-electron chi connectivity index (χ1n) is 7.65. The van der Waals surface area contributed by atoms with Crippen molar-refractivity contribution in [3.8, 4) is 11.1 Å². The van der Waals surface area contributed by atoms with Crippen LogP contribution in [0.25, 0.3) is 11.1 Å². The van der Waals surface area contributed by atoms with Crippen LogP contribution >= 0.6 is 0 Å². The van der Waals surface area contributed by atoms with Gasteiger partial charge in [-0.2, -0.15) is 0 Å². The third kappa shape index (κ3) is 3.95. The molecule has 0 bridgehead atoms. The minimum atomic E-state index is -0.808. The van der Waals surface area contributed by atoms with Crippen LogP contribution in [0.3, 0.4) is 0 Å². The lowest BCUT2D eigenvalue weighted by atomic mass is 9.89. The summed E-state index contributed by atoms with van der Waals surface area (Å²) >= 11 is 0. The van der Waals surface area contributed by atoms with Crippen LogP contribution < -0.4 is 5.73 Å². The second-order valence-electron chi connectivity index (χ2n) is 5.91.